The van der Waals surface area contributed by atoms with Crippen molar-refractivity contribution in [2.45, 2.75) is 12.8 Å². The largest absolute Gasteiger partial charge is 0.311 e. The monoisotopic (exact) mass is 315 g/mol. The molecule has 0 unspecified atom stereocenters. The van der Waals surface area contributed by atoms with Crippen LogP contribution in [0.1, 0.15) is 11.4 Å². The third-order valence-electron chi connectivity index (χ3n) is 3.79. The molecule has 1 aliphatic rings. The van der Waals surface area contributed by atoms with Gasteiger partial charge in [-0.3, -0.25) is 4.79 Å². The fourth-order valence-corrected chi connectivity index (χ4v) is 2.72. The summed E-state index contributed by atoms with van der Waals surface area (Å²) in [6.07, 6.45) is 3.75. The lowest BCUT2D eigenvalue weighted by Crippen LogP contribution is -2.30. The summed E-state index contributed by atoms with van der Waals surface area (Å²) in [6.45, 7) is 0.392. The molecule has 0 radical (unpaired) electrons. The van der Waals surface area contributed by atoms with Crippen LogP contribution in [0.15, 0.2) is 30.6 Å². The maximum atomic E-state index is 13.4. The highest BCUT2D eigenvalue weighted by molar-refractivity contribution is 5.96. The molecular formula is C15H11F2N5O. The SMILES string of the molecule is O=C(Cc1nc2ncccn2n1)N1CCc2cc(F)c(F)cc21. The summed E-state index contributed by atoms with van der Waals surface area (Å²) in [5.74, 6) is -1.37. The number of rotatable bonds is 2. The van der Waals surface area contributed by atoms with E-state index in [1.54, 1.807) is 18.5 Å². The van der Waals surface area contributed by atoms with Crippen LogP contribution in [0.5, 0.6) is 0 Å². The molecule has 0 bridgehead atoms. The zero-order valence-corrected chi connectivity index (χ0v) is 11.9. The molecule has 1 aliphatic heterocycles. The lowest BCUT2D eigenvalue weighted by molar-refractivity contribution is -0.118. The standard InChI is InChI=1S/C15H11F2N5O/c16-10-6-9-2-5-21(12(9)7-11(10)17)14(23)8-13-19-15-18-3-1-4-22(15)20-13/h1,3-4,6-7H,2,5,8H2. The normalized spacial score (nSPS) is 13.6. The van der Waals surface area contributed by atoms with Gasteiger partial charge in [-0.1, -0.05) is 0 Å². The van der Waals surface area contributed by atoms with Gasteiger partial charge in [0.2, 0.25) is 5.91 Å². The quantitative estimate of drug-likeness (QED) is 0.719. The minimum atomic E-state index is -0.960. The third kappa shape index (κ3) is 2.32. The molecule has 0 atom stereocenters. The molecule has 116 valence electrons. The van der Waals surface area contributed by atoms with Crippen molar-refractivity contribution >= 4 is 17.4 Å². The summed E-state index contributed by atoms with van der Waals surface area (Å²) in [7, 11) is 0. The Morgan fingerprint density at radius 1 is 1.26 bits per heavy atom. The van der Waals surface area contributed by atoms with E-state index in [1.807, 2.05) is 0 Å². The molecule has 6 nitrogen and oxygen atoms in total. The number of anilines is 1. The van der Waals surface area contributed by atoms with Gasteiger partial charge in [-0.05, 0) is 24.1 Å². The molecule has 0 aliphatic carbocycles. The zero-order chi connectivity index (χ0) is 16.0. The van der Waals surface area contributed by atoms with Gasteiger partial charge in [0.1, 0.15) is 0 Å². The summed E-state index contributed by atoms with van der Waals surface area (Å²) in [5.41, 5.74) is 1.04. The van der Waals surface area contributed by atoms with Crippen LogP contribution in [-0.2, 0) is 17.6 Å². The molecule has 0 saturated heterocycles. The van der Waals surface area contributed by atoms with Gasteiger partial charge < -0.3 is 4.90 Å². The second-order valence-electron chi connectivity index (χ2n) is 5.26. The van der Waals surface area contributed by atoms with Crippen LogP contribution >= 0.6 is 0 Å². The number of carbonyl (C=O) groups is 1. The van der Waals surface area contributed by atoms with Crippen molar-refractivity contribution in [3.63, 3.8) is 0 Å². The first-order chi connectivity index (χ1) is 11.1. The molecule has 23 heavy (non-hydrogen) atoms. The molecular weight excluding hydrogens is 304 g/mol. The van der Waals surface area contributed by atoms with E-state index >= 15 is 0 Å². The second kappa shape index (κ2) is 5.08. The first-order valence-electron chi connectivity index (χ1n) is 7.06. The lowest BCUT2D eigenvalue weighted by atomic mass is 10.1. The number of benzene rings is 1. The van der Waals surface area contributed by atoms with Crippen molar-refractivity contribution in [3.8, 4) is 0 Å². The predicted octanol–water partition coefficient (Wildman–Crippen LogP) is 1.53. The van der Waals surface area contributed by atoms with Gasteiger partial charge in [0.25, 0.3) is 5.78 Å². The van der Waals surface area contributed by atoms with Gasteiger partial charge in [-0.25, -0.2) is 18.3 Å². The van der Waals surface area contributed by atoms with E-state index in [4.69, 9.17) is 0 Å². The van der Waals surface area contributed by atoms with Crippen LogP contribution < -0.4 is 4.90 Å². The maximum Gasteiger partial charge on any atom is 0.252 e. The fourth-order valence-electron chi connectivity index (χ4n) is 2.72. The number of aromatic nitrogens is 4. The number of fused-ring (bicyclic) bond motifs is 2. The number of nitrogens with zero attached hydrogens (tertiary/aromatic N) is 5. The van der Waals surface area contributed by atoms with Crippen molar-refractivity contribution in [1.82, 2.24) is 19.6 Å². The second-order valence-corrected chi connectivity index (χ2v) is 5.26. The van der Waals surface area contributed by atoms with Gasteiger partial charge in [-0.15, -0.1) is 5.10 Å². The van der Waals surface area contributed by atoms with Crippen LogP contribution in [-0.4, -0.2) is 32.0 Å². The molecule has 1 aromatic carbocycles. The molecule has 0 fully saturated rings. The van der Waals surface area contributed by atoms with Crippen LogP contribution in [0, 0.1) is 11.6 Å². The van der Waals surface area contributed by atoms with Gasteiger partial charge in [0, 0.05) is 25.0 Å². The summed E-state index contributed by atoms with van der Waals surface area (Å²) in [5, 5.41) is 4.17. The molecule has 3 aromatic rings. The Morgan fingerprint density at radius 2 is 2.09 bits per heavy atom. The van der Waals surface area contributed by atoms with Crippen LogP contribution in [0.2, 0.25) is 0 Å². The van der Waals surface area contributed by atoms with E-state index < -0.39 is 11.6 Å². The predicted molar refractivity (Wildman–Crippen MR) is 76.9 cm³/mol. The van der Waals surface area contributed by atoms with E-state index in [0.717, 1.165) is 12.1 Å². The van der Waals surface area contributed by atoms with E-state index in [0.29, 0.717) is 35.8 Å². The first kappa shape index (κ1) is 13.7. The van der Waals surface area contributed by atoms with Crippen LogP contribution in [0.4, 0.5) is 14.5 Å². The smallest absolute Gasteiger partial charge is 0.252 e. The molecule has 4 rings (SSSR count). The fraction of sp³-hybridized carbons (Fsp3) is 0.200. The average Bonchev–Trinajstić information content (AvgIpc) is 3.10. The van der Waals surface area contributed by atoms with Crippen molar-refractivity contribution < 1.29 is 13.6 Å². The van der Waals surface area contributed by atoms with Crippen molar-refractivity contribution in [2.75, 3.05) is 11.4 Å². The molecule has 8 heteroatoms. The Hall–Kier alpha value is -2.90. The molecule has 0 N–H and O–H groups in total. The van der Waals surface area contributed by atoms with Gasteiger partial charge in [0.05, 0.1) is 12.1 Å². The van der Waals surface area contributed by atoms with Gasteiger partial charge in [0.15, 0.2) is 17.5 Å². The van der Waals surface area contributed by atoms with E-state index in [9.17, 15) is 13.6 Å². The number of halogens is 2. The molecule has 1 amide bonds. The number of amides is 1. The number of carbonyl (C=O) groups excluding carboxylic acids is 1. The Labute approximate surface area is 129 Å². The maximum absolute atomic E-state index is 13.4. The van der Waals surface area contributed by atoms with Crippen molar-refractivity contribution in [1.29, 1.82) is 0 Å². The van der Waals surface area contributed by atoms with Crippen LogP contribution in [0.3, 0.4) is 0 Å². The van der Waals surface area contributed by atoms with Gasteiger partial charge in [-0.2, -0.15) is 4.98 Å². The van der Waals surface area contributed by atoms with E-state index in [1.165, 1.54) is 9.42 Å². The summed E-state index contributed by atoms with van der Waals surface area (Å²) in [4.78, 5) is 22.1. The minimum Gasteiger partial charge on any atom is -0.311 e. The number of hydrogen-bond donors (Lipinski definition) is 0. The van der Waals surface area contributed by atoms with Crippen LogP contribution in [0.25, 0.3) is 5.78 Å². The molecule has 0 saturated carbocycles. The average molecular weight is 315 g/mol. The lowest BCUT2D eigenvalue weighted by Gasteiger charge is -2.16. The van der Waals surface area contributed by atoms with Gasteiger partial charge >= 0.3 is 0 Å². The summed E-state index contributed by atoms with van der Waals surface area (Å²) < 4.78 is 28.2. The van der Waals surface area contributed by atoms with E-state index in [-0.39, 0.29) is 12.3 Å². The molecule has 0 spiro atoms. The summed E-state index contributed by atoms with van der Waals surface area (Å²) >= 11 is 0. The van der Waals surface area contributed by atoms with Crippen molar-refractivity contribution in [2.24, 2.45) is 0 Å². The summed E-state index contributed by atoms with van der Waals surface area (Å²) in [6, 6.07) is 3.92. The topological polar surface area (TPSA) is 63.4 Å². The highest BCUT2D eigenvalue weighted by atomic mass is 19.2. The highest BCUT2D eigenvalue weighted by Crippen LogP contribution is 2.30. The number of hydrogen-bond acceptors (Lipinski definition) is 4. The Morgan fingerprint density at radius 3 is 2.91 bits per heavy atom. The Kier molecular flexibility index (Phi) is 3.03. The molecule has 3 heterocycles. The van der Waals surface area contributed by atoms with Crippen molar-refractivity contribution in [3.05, 3.63) is 53.6 Å². The Bertz CT molecular complexity index is 890. The van der Waals surface area contributed by atoms with E-state index in [2.05, 4.69) is 15.1 Å². The first-order valence-corrected chi connectivity index (χ1v) is 7.06. The minimum absolute atomic E-state index is 0.0260. The molecule has 2 aromatic heterocycles. The third-order valence-corrected chi connectivity index (χ3v) is 3.79. The highest BCUT2D eigenvalue weighted by Gasteiger charge is 2.27. The Balaban J connectivity index is 1.60. The zero-order valence-electron chi connectivity index (χ0n) is 11.9.